The average Bonchev–Trinajstić information content (AvgIpc) is 3.53. The molecule has 0 radical (unpaired) electrons. The number of fused-ring (bicyclic) bond motifs is 1. The molecule has 3 nitrogen and oxygen atoms in total. The lowest BCUT2D eigenvalue weighted by Crippen LogP contribution is -2.31. The van der Waals surface area contributed by atoms with Gasteiger partial charge in [0.05, 0.1) is 20.9 Å². The van der Waals surface area contributed by atoms with Crippen molar-refractivity contribution in [3.05, 3.63) is 46.2 Å². The predicted octanol–water partition coefficient (Wildman–Crippen LogP) is 7.94. The molecular formula is C24H27NO2S3. The van der Waals surface area contributed by atoms with E-state index in [1.165, 1.54) is 43.4 Å². The number of thiophene rings is 3. The molecule has 3 aromatic rings. The van der Waals surface area contributed by atoms with E-state index >= 15 is 0 Å². The van der Waals surface area contributed by atoms with Crippen LogP contribution in [0.3, 0.4) is 0 Å². The van der Waals surface area contributed by atoms with Crippen LogP contribution < -0.4 is 0 Å². The third kappa shape index (κ3) is 4.32. The second kappa shape index (κ2) is 10.0. The van der Waals surface area contributed by atoms with Crippen molar-refractivity contribution in [2.75, 3.05) is 6.54 Å². The SMILES string of the molecule is CCCCCCCCCCN1C(=O)c2c(-c3cccs3)sc(-c3cccs3)c2C1=O. The first-order valence-corrected chi connectivity index (χ1v) is 13.4. The molecule has 6 heteroatoms. The van der Waals surface area contributed by atoms with Crippen molar-refractivity contribution < 1.29 is 9.59 Å². The van der Waals surface area contributed by atoms with Gasteiger partial charge >= 0.3 is 0 Å². The van der Waals surface area contributed by atoms with Crippen LogP contribution in [0.5, 0.6) is 0 Å². The van der Waals surface area contributed by atoms with E-state index in [-0.39, 0.29) is 11.8 Å². The number of hydrogen-bond acceptors (Lipinski definition) is 5. The fourth-order valence-electron chi connectivity index (χ4n) is 3.97. The minimum atomic E-state index is -0.111. The third-order valence-corrected chi connectivity index (χ3v) is 8.84. The van der Waals surface area contributed by atoms with E-state index in [0.29, 0.717) is 17.7 Å². The molecule has 0 fully saturated rings. The van der Waals surface area contributed by atoms with Crippen LogP contribution in [0, 0.1) is 0 Å². The molecule has 158 valence electrons. The molecule has 0 aliphatic carbocycles. The van der Waals surface area contributed by atoms with Crippen molar-refractivity contribution >= 4 is 45.8 Å². The maximum Gasteiger partial charge on any atom is 0.263 e. The van der Waals surface area contributed by atoms with Crippen LogP contribution in [0.25, 0.3) is 19.5 Å². The van der Waals surface area contributed by atoms with Gasteiger partial charge in [-0.2, -0.15) is 0 Å². The van der Waals surface area contributed by atoms with Crippen molar-refractivity contribution in [3.8, 4) is 19.5 Å². The zero-order chi connectivity index (χ0) is 20.9. The van der Waals surface area contributed by atoms with Gasteiger partial charge in [0.2, 0.25) is 0 Å². The summed E-state index contributed by atoms with van der Waals surface area (Å²) in [6.07, 6.45) is 9.59. The highest BCUT2D eigenvalue weighted by atomic mass is 32.1. The van der Waals surface area contributed by atoms with Gasteiger partial charge in [0.25, 0.3) is 11.8 Å². The second-order valence-corrected chi connectivity index (χ2v) is 10.6. The Bertz CT molecular complexity index is 918. The molecule has 4 rings (SSSR count). The highest BCUT2D eigenvalue weighted by molar-refractivity contribution is 7.26. The Balaban J connectivity index is 1.48. The number of imide groups is 1. The molecule has 0 N–H and O–H groups in total. The summed E-state index contributed by atoms with van der Waals surface area (Å²) in [5, 5.41) is 4.04. The highest BCUT2D eigenvalue weighted by Gasteiger charge is 2.42. The van der Waals surface area contributed by atoms with E-state index < -0.39 is 0 Å². The summed E-state index contributed by atoms with van der Waals surface area (Å²) in [4.78, 5) is 32.0. The molecule has 0 spiro atoms. The number of carbonyl (C=O) groups is 2. The Morgan fingerprint density at radius 1 is 0.733 bits per heavy atom. The van der Waals surface area contributed by atoms with Gasteiger partial charge in [0, 0.05) is 16.3 Å². The molecule has 2 amide bonds. The van der Waals surface area contributed by atoms with Crippen LogP contribution in [0.2, 0.25) is 0 Å². The minimum absolute atomic E-state index is 0.111. The molecule has 0 saturated carbocycles. The summed E-state index contributed by atoms with van der Waals surface area (Å²) in [7, 11) is 0. The summed E-state index contributed by atoms with van der Waals surface area (Å²) < 4.78 is 0. The number of rotatable bonds is 11. The maximum absolute atomic E-state index is 13.3. The van der Waals surface area contributed by atoms with Gasteiger partial charge in [-0.1, -0.05) is 64.0 Å². The monoisotopic (exact) mass is 457 g/mol. The van der Waals surface area contributed by atoms with Gasteiger partial charge < -0.3 is 0 Å². The van der Waals surface area contributed by atoms with Gasteiger partial charge in [-0.25, -0.2) is 0 Å². The third-order valence-electron chi connectivity index (χ3n) is 5.55. The molecular weight excluding hydrogens is 430 g/mol. The first kappa shape index (κ1) is 21.5. The summed E-state index contributed by atoms with van der Waals surface area (Å²) in [5.41, 5.74) is 1.24. The van der Waals surface area contributed by atoms with Gasteiger partial charge in [-0.3, -0.25) is 14.5 Å². The summed E-state index contributed by atoms with van der Waals surface area (Å²) >= 11 is 4.82. The smallest absolute Gasteiger partial charge is 0.263 e. The van der Waals surface area contributed by atoms with Crippen molar-refractivity contribution in [2.45, 2.75) is 58.3 Å². The van der Waals surface area contributed by atoms with E-state index in [0.717, 1.165) is 32.4 Å². The molecule has 0 aromatic carbocycles. The molecule has 0 atom stereocenters. The average molecular weight is 458 g/mol. The quantitative estimate of drug-likeness (QED) is 0.216. The van der Waals surface area contributed by atoms with E-state index in [2.05, 4.69) is 6.92 Å². The lowest BCUT2D eigenvalue weighted by Gasteiger charge is -2.14. The number of hydrogen-bond donors (Lipinski definition) is 0. The first-order chi connectivity index (χ1) is 14.7. The van der Waals surface area contributed by atoms with Gasteiger partial charge in [0.15, 0.2) is 0 Å². The lowest BCUT2D eigenvalue weighted by molar-refractivity contribution is 0.0652. The Labute approximate surface area is 190 Å². The second-order valence-electron chi connectivity index (χ2n) is 7.70. The molecule has 0 bridgehead atoms. The summed E-state index contributed by atoms with van der Waals surface area (Å²) in [5.74, 6) is -0.221. The minimum Gasteiger partial charge on any atom is -0.274 e. The van der Waals surface area contributed by atoms with E-state index in [1.54, 1.807) is 34.0 Å². The topological polar surface area (TPSA) is 37.4 Å². The van der Waals surface area contributed by atoms with E-state index in [1.807, 2.05) is 35.0 Å². The van der Waals surface area contributed by atoms with Crippen molar-refractivity contribution in [1.82, 2.24) is 4.90 Å². The molecule has 30 heavy (non-hydrogen) atoms. The van der Waals surface area contributed by atoms with Crippen molar-refractivity contribution in [1.29, 1.82) is 0 Å². The number of amides is 2. The first-order valence-electron chi connectivity index (χ1n) is 10.8. The maximum atomic E-state index is 13.3. The normalized spacial score (nSPS) is 13.4. The van der Waals surface area contributed by atoms with Crippen LogP contribution >= 0.6 is 34.0 Å². The molecule has 0 saturated heterocycles. The van der Waals surface area contributed by atoms with Gasteiger partial charge in [-0.15, -0.1) is 34.0 Å². The largest absolute Gasteiger partial charge is 0.274 e. The zero-order valence-electron chi connectivity index (χ0n) is 17.3. The number of nitrogens with zero attached hydrogens (tertiary/aromatic N) is 1. The zero-order valence-corrected chi connectivity index (χ0v) is 19.8. The predicted molar refractivity (Wildman–Crippen MR) is 129 cm³/mol. The fraction of sp³-hybridized carbons (Fsp3) is 0.417. The van der Waals surface area contributed by atoms with Crippen molar-refractivity contribution in [2.24, 2.45) is 0 Å². The Morgan fingerprint density at radius 3 is 1.70 bits per heavy atom. The van der Waals surface area contributed by atoms with Crippen LogP contribution in [-0.4, -0.2) is 23.3 Å². The Kier molecular flexibility index (Phi) is 7.18. The summed E-state index contributed by atoms with van der Waals surface area (Å²) in [6.45, 7) is 2.76. The number of carbonyl (C=O) groups excluding carboxylic acids is 2. The van der Waals surface area contributed by atoms with Crippen LogP contribution in [-0.2, 0) is 0 Å². The fourth-order valence-corrected chi connectivity index (χ4v) is 6.97. The summed E-state index contributed by atoms with van der Waals surface area (Å²) in [6, 6.07) is 8.06. The van der Waals surface area contributed by atoms with Gasteiger partial charge in [0.1, 0.15) is 0 Å². The standard InChI is InChI=1S/C24H27NO2S3/c1-2-3-4-5-6-7-8-9-14-25-23(26)19-20(24(25)27)22(18-13-11-16-29-18)30-21(19)17-12-10-15-28-17/h10-13,15-16H,2-9,14H2,1H3. The van der Waals surface area contributed by atoms with Crippen molar-refractivity contribution in [3.63, 3.8) is 0 Å². The van der Waals surface area contributed by atoms with E-state index in [9.17, 15) is 9.59 Å². The molecule has 1 aliphatic heterocycles. The molecule has 3 aromatic heterocycles. The van der Waals surface area contributed by atoms with Gasteiger partial charge in [-0.05, 0) is 29.3 Å². The molecule has 4 heterocycles. The van der Waals surface area contributed by atoms with Crippen LogP contribution in [0.4, 0.5) is 0 Å². The van der Waals surface area contributed by atoms with Crippen LogP contribution in [0.1, 0.15) is 79.0 Å². The molecule has 0 unspecified atom stereocenters. The highest BCUT2D eigenvalue weighted by Crippen LogP contribution is 2.48. The van der Waals surface area contributed by atoms with E-state index in [4.69, 9.17) is 0 Å². The Hall–Kier alpha value is -1.76. The lowest BCUT2D eigenvalue weighted by atomic mass is 10.1. The Morgan fingerprint density at radius 2 is 1.23 bits per heavy atom. The molecule has 1 aliphatic rings. The number of unbranched alkanes of at least 4 members (excludes halogenated alkanes) is 7. The van der Waals surface area contributed by atoms with Crippen LogP contribution in [0.15, 0.2) is 35.0 Å².